The summed E-state index contributed by atoms with van der Waals surface area (Å²) in [6.45, 7) is 2.27. The number of nitrogens with zero attached hydrogens (tertiary/aromatic N) is 3. The molecule has 2 aromatic rings. The lowest BCUT2D eigenvalue weighted by Crippen LogP contribution is -2.47. The van der Waals surface area contributed by atoms with Crippen LogP contribution in [-0.2, 0) is 29.4 Å². The zero-order chi connectivity index (χ0) is 23.4. The molecule has 174 valence electrons. The van der Waals surface area contributed by atoms with Crippen LogP contribution in [-0.4, -0.2) is 50.3 Å². The second-order valence-electron chi connectivity index (χ2n) is 9.51. The maximum atomic E-state index is 15.1. The maximum absolute atomic E-state index is 15.1. The summed E-state index contributed by atoms with van der Waals surface area (Å²) in [4.78, 5) is 6.36. The topological polar surface area (TPSA) is 75.8 Å². The summed E-state index contributed by atoms with van der Waals surface area (Å²) in [5.41, 5.74) is 3.50. The van der Waals surface area contributed by atoms with Crippen molar-refractivity contribution in [3.05, 3.63) is 81.5 Å². The van der Waals surface area contributed by atoms with Crippen LogP contribution in [0.15, 0.2) is 52.6 Å². The normalized spacial score (nSPS) is 26.8. The van der Waals surface area contributed by atoms with Crippen molar-refractivity contribution in [1.82, 2.24) is 4.90 Å². The first kappa shape index (κ1) is 22.3. The Morgan fingerprint density at radius 2 is 2.00 bits per heavy atom. The van der Waals surface area contributed by atoms with E-state index in [9.17, 15) is 12.8 Å². The largest absolute Gasteiger partial charge is 0.299 e. The van der Waals surface area contributed by atoms with Crippen LogP contribution in [0.2, 0.25) is 0 Å². The van der Waals surface area contributed by atoms with Crippen molar-refractivity contribution >= 4 is 16.4 Å². The number of primary sulfonamides is 1. The quantitative estimate of drug-likeness (QED) is 0.656. The van der Waals surface area contributed by atoms with Gasteiger partial charge in [-0.15, -0.1) is 0 Å². The second-order valence-corrected chi connectivity index (χ2v) is 11.0. The van der Waals surface area contributed by atoms with E-state index in [4.69, 9.17) is 5.14 Å². The zero-order valence-electron chi connectivity index (χ0n) is 18.4. The van der Waals surface area contributed by atoms with Gasteiger partial charge in [0.15, 0.2) is 6.34 Å². The van der Waals surface area contributed by atoms with E-state index in [2.05, 4.69) is 9.89 Å². The van der Waals surface area contributed by atoms with Crippen molar-refractivity contribution in [2.75, 3.05) is 20.1 Å². The third-order valence-corrected chi connectivity index (χ3v) is 7.76. The van der Waals surface area contributed by atoms with E-state index in [-0.39, 0.29) is 39.7 Å². The average molecular weight is 474 g/mol. The molecule has 5 rings (SSSR count). The number of halogens is 2. The Hall–Kier alpha value is -2.46. The van der Waals surface area contributed by atoms with Gasteiger partial charge < -0.3 is 0 Å². The Labute approximate surface area is 192 Å². The predicted octanol–water partition coefficient (Wildman–Crippen LogP) is 3.00. The molecular weight excluding hydrogens is 446 g/mol. The fourth-order valence-corrected chi connectivity index (χ4v) is 5.81. The summed E-state index contributed by atoms with van der Waals surface area (Å²) >= 11 is 0. The van der Waals surface area contributed by atoms with Crippen molar-refractivity contribution in [3.8, 4) is 0 Å². The van der Waals surface area contributed by atoms with Crippen LogP contribution in [0, 0.1) is 11.6 Å². The van der Waals surface area contributed by atoms with Crippen LogP contribution < -0.4 is 5.14 Å². The van der Waals surface area contributed by atoms with Crippen LogP contribution in [0.5, 0.6) is 0 Å². The number of hydrogen-bond donors (Lipinski definition) is 1. The number of aliphatic imine (C=N–C) groups is 1. The van der Waals surface area contributed by atoms with E-state index < -0.39 is 10.0 Å². The van der Waals surface area contributed by atoms with Gasteiger partial charge in [-0.3, -0.25) is 9.38 Å². The number of rotatable bonds is 6. The van der Waals surface area contributed by atoms with Crippen molar-refractivity contribution in [1.29, 1.82) is 0 Å². The lowest BCUT2D eigenvalue weighted by Gasteiger charge is -2.39. The van der Waals surface area contributed by atoms with E-state index in [0.717, 1.165) is 42.6 Å². The summed E-state index contributed by atoms with van der Waals surface area (Å²) in [5.74, 6) is -0.434. The molecule has 3 unspecified atom stereocenters. The zero-order valence-corrected chi connectivity index (χ0v) is 19.2. The highest BCUT2D eigenvalue weighted by Gasteiger charge is 2.39. The van der Waals surface area contributed by atoms with Gasteiger partial charge in [0, 0.05) is 17.5 Å². The molecule has 0 aromatic heterocycles. The molecule has 2 heterocycles. The Kier molecular flexibility index (Phi) is 5.48. The minimum absolute atomic E-state index is 0.00554. The van der Waals surface area contributed by atoms with Gasteiger partial charge in [0.1, 0.15) is 24.4 Å². The van der Waals surface area contributed by atoms with Gasteiger partial charge in [0.2, 0.25) is 5.03 Å². The Bertz CT molecular complexity index is 1270. The summed E-state index contributed by atoms with van der Waals surface area (Å²) in [7, 11) is -2.18. The van der Waals surface area contributed by atoms with Gasteiger partial charge in [-0.05, 0) is 73.3 Å². The molecular formula is C24H27F2N4O2S+. The van der Waals surface area contributed by atoms with E-state index in [1.165, 1.54) is 18.6 Å². The molecule has 0 spiro atoms. The van der Waals surface area contributed by atoms with Crippen LogP contribution in [0.25, 0.3) is 0 Å². The molecule has 2 N–H and O–H groups in total. The first-order chi connectivity index (χ1) is 15.6. The molecule has 0 radical (unpaired) electrons. The minimum Gasteiger partial charge on any atom is -0.299 e. The van der Waals surface area contributed by atoms with E-state index in [1.54, 1.807) is 25.2 Å². The smallest absolute Gasteiger partial charge is 0.261 e. The van der Waals surface area contributed by atoms with Gasteiger partial charge in [-0.25, -0.2) is 22.3 Å². The predicted molar refractivity (Wildman–Crippen MR) is 122 cm³/mol. The molecule has 9 heteroatoms. The van der Waals surface area contributed by atoms with E-state index >= 15 is 4.39 Å². The summed E-state index contributed by atoms with van der Waals surface area (Å²) in [6, 6.07) is 10.5. The fourth-order valence-electron chi connectivity index (χ4n) is 5.22. The van der Waals surface area contributed by atoms with Crippen LogP contribution >= 0.6 is 0 Å². The first-order valence-electron chi connectivity index (χ1n) is 11.1. The summed E-state index contributed by atoms with van der Waals surface area (Å²) in [6.07, 6.45) is 5.50. The molecule has 3 aliphatic rings. The molecule has 2 aliphatic heterocycles. The lowest BCUT2D eigenvalue weighted by atomic mass is 9.88. The number of likely N-dealkylation sites (tertiary alicyclic amines) is 1. The minimum atomic E-state index is -3.93. The Balaban J connectivity index is 1.48. The van der Waals surface area contributed by atoms with Crippen LogP contribution in [0.4, 0.5) is 8.78 Å². The molecule has 2 aromatic carbocycles. The summed E-state index contributed by atoms with van der Waals surface area (Å²) < 4.78 is 52.3. The average Bonchev–Trinajstić information content (AvgIpc) is 3.23. The highest BCUT2D eigenvalue weighted by molar-refractivity contribution is 7.93. The summed E-state index contributed by atoms with van der Waals surface area (Å²) in [5, 5.41) is 4.98. The Morgan fingerprint density at radius 1 is 1.21 bits per heavy atom. The number of sulfonamides is 1. The molecule has 1 fully saturated rings. The maximum Gasteiger partial charge on any atom is 0.261 e. The number of quaternary nitrogens is 1. The van der Waals surface area contributed by atoms with Crippen molar-refractivity contribution in [2.24, 2.45) is 10.1 Å². The monoisotopic (exact) mass is 473 g/mol. The van der Waals surface area contributed by atoms with Gasteiger partial charge in [0.05, 0.1) is 7.05 Å². The highest BCUT2D eigenvalue weighted by atomic mass is 32.2. The molecule has 33 heavy (non-hydrogen) atoms. The lowest BCUT2D eigenvalue weighted by molar-refractivity contribution is -0.771. The third-order valence-electron chi connectivity index (χ3n) is 6.96. The van der Waals surface area contributed by atoms with Crippen molar-refractivity contribution < 1.29 is 21.7 Å². The number of hydrogen-bond acceptors (Lipinski definition) is 4. The number of benzene rings is 2. The van der Waals surface area contributed by atoms with Gasteiger partial charge in [0.25, 0.3) is 10.0 Å². The SMILES string of the molecule is C[N+]1(Cc2cc3c(cc2F)CC(N2CCC2)C3Cc2cccc(F)c2)C=NC(S(N)(=O)=O)=C1. The standard InChI is InChI=1S/C24H27F2N4O2S/c1-30(14-24(28-15-30)33(27,31)32)13-18-10-20-17(11-22(18)26)12-23(29-6-3-7-29)21(20)9-16-4-2-5-19(25)8-16/h2,4-5,8,10-11,14-15,21,23H,3,6-7,9,12-13H2,1H3,(H2,27,31,32)/q+1. The van der Waals surface area contributed by atoms with E-state index in [0.29, 0.717) is 12.0 Å². The molecule has 6 nitrogen and oxygen atoms in total. The van der Waals surface area contributed by atoms with Gasteiger partial charge >= 0.3 is 0 Å². The van der Waals surface area contributed by atoms with E-state index in [1.807, 2.05) is 12.1 Å². The molecule has 1 aliphatic carbocycles. The second kappa shape index (κ2) is 8.09. The number of fused-ring (bicyclic) bond motifs is 1. The Morgan fingerprint density at radius 3 is 2.64 bits per heavy atom. The molecule has 0 saturated carbocycles. The molecule has 0 bridgehead atoms. The third kappa shape index (κ3) is 4.38. The van der Waals surface area contributed by atoms with Crippen LogP contribution in [0.3, 0.4) is 0 Å². The van der Waals surface area contributed by atoms with Crippen molar-refractivity contribution in [2.45, 2.75) is 37.8 Å². The molecule has 3 atom stereocenters. The van der Waals surface area contributed by atoms with Crippen molar-refractivity contribution in [3.63, 3.8) is 0 Å². The molecule has 0 amide bonds. The highest BCUT2D eigenvalue weighted by Crippen LogP contribution is 2.41. The van der Waals surface area contributed by atoms with Gasteiger partial charge in [-0.1, -0.05) is 12.1 Å². The number of nitrogens with two attached hydrogens (primary N) is 1. The van der Waals surface area contributed by atoms with Gasteiger partial charge in [-0.2, -0.15) is 4.99 Å². The fraction of sp³-hybridized carbons (Fsp3) is 0.375. The first-order valence-corrected chi connectivity index (χ1v) is 12.6. The molecule has 1 saturated heterocycles. The van der Waals surface area contributed by atoms with Crippen LogP contribution in [0.1, 0.15) is 34.6 Å².